The minimum absolute atomic E-state index is 0.408. The fraction of sp³-hybridized carbons (Fsp3) is 0.500. The van der Waals surface area contributed by atoms with E-state index in [-0.39, 0.29) is 0 Å². The zero-order valence-electron chi connectivity index (χ0n) is 9.42. The third-order valence-corrected chi connectivity index (χ3v) is 2.45. The van der Waals surface area contributed by atoms with Gasteiger partial charge in [0.15, 0.2) is 0 Å². The van der Waals surface area contributed by atoms with Crippen molar-refractivity contribution in [3.05, 3.63) is 29.3 Å². The molecule has 1 unspecified atom stereocenters. The molecule has 0 radical (unpaired) electrons. The van der Waals surface area contributed by atoms with E-state index in [1.165, 1.54) is 11.1 Å². The van der Waals surface area contributed by atoms with Crippen molar-refractivity contribution < 1.29 is 4.74 Å². The van der Waals surface area contributed by atoms with Crippen LogP contribution in [0.5, 0.6) is 5.75 Å². The summed E-state index contributed by atoms with van der Waals surface area (Å²) in [5.74, 6) is 0.926. The Hall–Kier alpha value is -1.02. The Morgan fingerprint density at radius 1 is 1.43 bits per heavy atom. The van der Waals surface area contributed by atoms with E-state index < -0.39 is 0 Å². The molecule has 0 spiro atoms. The van der Waals surface area contributed by atoms with Gasteiger partial charge in [-0.2, -0.15) is 0 Å². The second-order valence-electron chi connectivity index (χ2n) is 3.50. The first-order chi connectivity index (χ1) is 6.69. The van der Waals surface area contributed by atoms with Crippen molar-refractivity contribution in [2.45, 2.75) is 26.8 Å². The number of rotatable bonds is 4. The molecule has 1 atom stereocenters. The van der Waals surface area contributed by atoms with Crippen molar-refractivity contribution in [2.24, 2.45) is 0 Å². The molecule has 1 rings (SSSR count). The Morgan fingerprint density at radius 2 is 2.14 bits per heavy atom. The van der Waals surface area contributed by atoms with Gasteiger partial charge in [-0.3, -0.25) is 0 Å². The maximum absolute atomic E-state index is 5.17. The average Bonchev–Trinajstić information content (AvgIpc) is 2.17. The molecule has 0 amide bonds. The summed E-state index contributed by atoms with van der Waals surface area (Å²) in [5.41, 5.74) is 2.62. The molecule has 0 aliphatic heterocycles. The Bertz CT molecular complexity index is 296. The van der Waals surface area contributed by atoms with E-state index >= 15 is 0 Å². The van der Waals surface area contributed by atoms with Crippen molar-refractivity contribution in [3.63, 3.8) is 0 Å². The first-order valence-corrected chi connectivity index (χ1v) is 5.07. The molecular weight excluding hydrogens is 174 g/mol. The molecule has 2 heteroatoms. The van der Waals surface area contributed by atoms with Crippen LogP contribution in [0.15, 0.2) is 18.2 Å². The zero-order chi connectivity index (χ0) is 10.6. The smallest absolute Gasteiger partial charge is 0.119 e. The largest absolute Gasteiger partial charge is 0.497 e. The normalized spacial score (nSPS) is 12.6. The lowest BCUT2D eigenvalue weighted by molar-refractivity contribution is 0.414. The van der Waals surface area contributed by atoms with Gasteiger partial charge in [-0.05, 0) is 43.7 Å². The highest BCUT2D eigenvalue weighted by Crippen LogP contribution is 2.21. The Labute approximate surface area is 86.3 Å². The fourth-order valence-electron chi connectivity index (χ4n) is 1.68. The summed E-state index contributed by atoms with van der Waals surface area (Å²) in [7, 11) is 1.70. The van der Waals surface area contributed by atoms with Crippen LogP contribution in [0, 0.1) is 6.92 Å². The number of hydrogen-bond donors (Lipinski definition) is 1. The van der Waals surface area contributed by atoms with Gasteiger partial charge >= 0.3 is 0 Å². The predicted molar refractivity (Wildman–Crippen MR) is 59.8 cm³/mol. The van der Waals surface area contributed by atoms with Gasteiger partial charge in [0.2, 0.25) is 0 Å². The van der Waals surface area contributed by atoms with Crippen LogP contribution in [0.25, 0.3) is 0 Å². The molecule has 78 valence electrons. The maximum atomic E-state index is 5.17. The lowest BCUT2D eigenvalue weighted by Crippen LogP contribution is -2.18. The number of methoxy groups -OCH3 is 1. The quantitative estimate of drug-likeness (QED) is 0.793. The molecule has 0 saturated heterocycles. The van der Waals surface area contributed by atoms with Crippen LogP contribution >= 0.6 is 0 Å². The van der Waals surface area contributed by atoms with E-state index in [1.807, 2.05) is 6.07 Å². The first kappa shape index (κ1) is 11.1. The molecule has 0 aromatic heterocycles. The summed E-state index contributed by atoms with van der Waals surface area (Å²) in [6.07, 6.45) is 0. The van der Waals surface area contributed by atoms with Crippen molar-refractivity contribution in [1.82, 2.24) is 5.32 Å². The SMILES string of the molecule is CCNC(C)c1ccc(OC)cc1C. The Morgan fingerprint density at radius 3 is 2.64 bits per heavy atom. The predicted octanol–water partition coefficient (Wildman–Crippen LogP) is 2.67. The number of nitrogens with one attached hydrogen (secondary N) is 1. The summed E-state index contributed by atoms with van der Waals surface area (Å²) < 4.78 is 5.17. The minimum atomic E-state index is 0.408. The third kappa shape index (κ3) is 2.48. The standard InChI is InChI=1S/C12H19NO/c1-5-13-10(3)12-7-6-11(14-4)8-9(12)2/h6-8,10,13H,5H2,1-4H3. The van der Waals surface area contributed by atoms with Crippen LogP contribution in [-0.2, 0) is 0 Å². The molecule has 0 aliphatic rings. The molecule has 1 N–H and O–H groups in total. The molecule has 1 aromatic rings. The summed E-state index contributed by atoms with van der Waals surface area (Å²) in [6, 6.07) is 6.62. The van der Waals surface area contributed by atoms with E-state index in [2.05, 4.69) is 38.2 Å². The van der Waals surface area contributed by atoms with Crippen LogP contribution in [-0.4, -0.2) is 13.7 Å². The Kier molecular flexibility index (Phi) is 3.96. The van der Waals surface area contributed by atoms with Gasteiger partial charge in [0.25, 0.3) is 0 Å². The lowest BCUT2D eigenvalue weighted by atomic mass is 10.0. The van der Waals surface area contributed by atoms with Crippen LogP contribution in [0.2, 0.25) is 0 Å². The van der Waals surface area contributed by atoms with Gasteiger partial charge in [0.05, 0.1) is 7.11 Å². The van der Waals surface area contributed by atoms with Gasteiger partial charge in [-0.15, -0.1) is 0 Å². The van der Waals surface area contributed by atoms with Crippen molar-refractivity contribution >= 4 is 0 Å². The first-order valence-electron chi connectivity index (χ1n) is 5.07. The number of benzene rings is 1. The van der Waals surface area contributed by atoms with Gasteiger partial charge in [-0.1, -0.05) is 13.0 Å². The number of ether oxygens (including phenoxy) is 1. The van der Waals surface area contributed by atoms with Crippen LogP contribution in [0.3, 0.4) is 0 Å². The Balaban J connectivity index is 2.88. The van der Waals surface area contributed by atoms with E-state index in [0.29, 0.717) is 6.04 Å². The highest BCUT2D eigenvalue weighted by atomic mass is 16.5. The fourth-order valence-corrected chi connectivity index (χ4v) is 1.68. The van der Waals surface area contributed by atoms with Crippen LogP contribution < -0.4 is 10.1 Å². The summed E-state index contributed by atoms with van der Waals surface area (Å²) in [6.45, 7) is 7.41. The second-order valence-corrected chi connectivity index (χ2v) is 3.50. The molecule has 0 saturated carbocycles. The number of hydrogen-bond acceptors (Lipinski definition) is 2. The van der Waals surface area contributed by atoms with Gasteiger partial charge < -0.3 is 10.1 Å². The van der Waals surface area contributed by atoms with Gasteiger partial charge in [0.1, 0.15) is 5.75 Å². The second kappa shape index (κ2) is 5.01. The summed E-state index contributed by atoms with van der Waals surface area (Å²) in [4.78, 5) is 0. The topological polar surface area (TPSA) is 21.3 Å². The minimum Gasteiger partial charge on any atom is -0.497 e. The molecular formula is C12H19NO. The summed E-state index contributed by atoms with van der Waals surface area (Å²) >= 11 is 0. The molecule has 0 aliphatic carbocycles. The highest BCUT2D eigenvalue weighted by Gasteiger charge is 2.07. The van der Waals surface area contributed by atoms with E-state index in [0.717, 1.165) is 12.3 Å². The van der Waals surface area contributed by atoms with Crippen LogP contribution in [0.1, 0.15) is 31.0 Å². The van der Waals surface area contributed by atoms with Crippen molar-refractivity contribution in [2.75, 3.05) is 13.7 Å². The molecule has 0 heterocycles. The molecule has 1 aromatic carbocycles. The highest BCUT2D eigenvalue weighted by molar-refractivity contribution is 5.36. The molecule has 0 bridgehead atoms. The monoisotopic (exact) mass is 193 g/mol. The average molecular weight is 193 g/mol. The van der Waals surface area contributed by atoms with Crippen molar-refractivity contribution in [3.8, 4) is 5.75 Å². The molecule has 2 nitrogen and oxygen atoms in total. The van der Waals surface area contributed by atoms with Crippen molar-refractivity contribution in [1.29, 1.82) is 0 Å². The summed E-state index contributed by atoms with van der Waals surface area (Å²) in [5, 5.41) is 3.40. The van der Waals surface area contributed by atoms with E-state index in [1.54, 1.807) is 7.11 Å². The molecule has 14 heavy (non-hydrogen) atoms. The van der Waals surface area contributed by atoms with Gasteiger partial charge in [0, 0.05) is 6.04 Å². The van der Waals surface area contributed by atoms with E-state index in [4.69, 9.17) is 4.74 Å². The van der Waals surface area contributed by atoms with Crippen LogP contribution in [0.4, 0.5) is 0 Å². The molecule has 0 fully saturated rings. The van der Waals surface area contributed by atoms with E-state index in [9.17, 15) is 0 Å². The maximum Gasteiger partial charge on any atom is 0.119 e. The zero-order valence-corrected chi connectivity index (χ0v) is 9.42. The lowest BCUT2D eigenvalue weighted by Gasteiger charge is -2.16. The van der Waals surface area contributed by atoms with Gasteiger partial charge in [-0.25, -0.2) is 0 Å². The third-order valence-electron chi connectivity index (χ3n) is 2.45. The number of aryl methyl sites for hydroxylation is 1.